The van der Waals surface area contributed by atoms with Crippen LogP contribution in [0.4, 0.5) is 0 Å². The van der Waals surface area contributed by atoms with E-state index in [2.05, 4.69) is 17.3 Å². The number of benzene rings is 1. The van der Waals surface area contributed by atoms with Crippen LogP contribution in [0.5, 0.6) is 5.75 Å². The van der Waals surface area contributed by atoms with E-state index in [9.17, 15) is 4.79 Å². The molecule has 2 aromatic rings. The minimum absolute atomic E-state index is 0.0140. The summed E-state index contributed by atoms with van der Waals surface area (Å²) < 4.78 is 7.61. The van der Waals surface area contributed by atoms with E-state index in [-0.39, 0.29) is 17.9 Å². The van der Waals surface area contributed by atoms with Crippen molar-refractivity contribution in [2.45, 2.75) is 39.7 Å². The average Bonchev–Trinajstić information content (AvgIpc) is 2.84. The second kappa shape index (κ2) is 7.08. The number of nitrogens with one attached hydrogen (secondary N) is 1. The SMILES string of the molecule is CCC(NC(=O)C1COc2ccc(Cl)cc2C1)c1c(C)nn(C)c1C. The first-order valence-corrected chi connectivity index (χ1v) is 9.00. The summed E-state index contributed by atoms with van der Waals surface area (Å²) in [6.45, 7) is 6.48. The summed E-state index contributed by atoms with van der Waals surface area (Å²) in [6, 6.07) is 5.51. The number of carbonyl (C=O) groups excluding carboxylic acids is 1. The van der Waals surface area contributed by atoms with Gasteiger partial charge in [-0.25, -0.2) is 0 Å². The summed E-state index contributed by atoms with van der Waals surface area (Å²) in [6.07, 6.45) is 1.46. The van der Waals surface area contributed by atoms with Gasteiger partial charge in [0.15, 0.2) is 0 Å². The number of hydrogen-bond donors (Lipinski definition) is 1. The molecular weight excluding hydrogens is 338 g/mol. The Morgan fingerprint density at radius 2 is 2.24 bits per heavy atom. The van der Waals surface area contributed by atoms with Gasteiger partial charge >= 0.3 is 0 Å². The van der Waals surface area contributed by atoms with Crippen LogP contribution in [0.15, 0.2) is 18.2 Å². The molecule has 1 aliphatic heterocycles. The Kier molecular flexibility index (Phi) is 5.04. The largest absolute Gasteiger partial charge is 0.492 e. The molecule has 2 atom stereocenters. The van der Waals surface area contributed by atoms with E-state index < -0.39 is 0 Å². The highest BCUT2D eigenvalue weighted by molar-refractivity contribution is 6.30. The van der Waals surface area contributed by atoms with E-state index in [1.54, 1.807) is 0 Å². The monoisotopic (exact) mass is 361 g/mol. The maximum Gasteiger partial charge on any atom is 0.227 e. The number of ether oxygens (including phenoxy) is 1. The molecule has 1 amide bonds. The number of nitrogens with zero attached hydrogens (tertiary/aromatic N) is 2. The summed E-state index contributed by atoms with van der Waals surface area (Å²) in [4.78, 5) is 12.8. The minimum Gasteiger partial charge on any atom is -0.492 e. The van der Waals surface area contributed by atoms with Crippen molar-refractivity contribution in [2.24, 2.45) is 13.0 Å². The van der Waals surface area contributed by atoms with E-state index in [0.29, 0.717) is 18.1 Å². The third-order valence-corrected chi connectivity index (χ3v) is 5.17. The van der Waals surface area contributed by atoms with Crippen molar-refractivity contribution < 1.29 is 9.53 Å². The average molecular weight is 362 g/mol. The molecule has 3 rings (SSSR count). The number of hydrogen-bond acceptors (Lipinski definition) is 3. The van der Waals surface area contributed by atoms with Gasteiger partial charge in [0, 0.05) is 23.3 Å². The molecule has 0 fully saturated rings. The van der Waals surface area contributed by atoms with Gasteiger partial charge in [0.1, 0.15) is 12.4 Å². The van der Waals surface area contributed by atoms with Crippen LogP contribution in [0.1, 0.15) is 41.9 Å². The van der Waals surface area contributed by atoms with Gasteiger partial charge in [-0.05, 0) is 50.5 Å². The predicted octanol–water partition coefficient (Wildman–Crippen LogP) is 3.51. The molecular formula is C19H24ClN3O2. The van der Waals surface area contributed by atoms with Crippen LogP contribution in [-0.2, 0) is 18.3 Å². The predicted molar refractivity (Wildman–Crippen MR) is 98.0 cm³/mol. The van der Waals surface area contributed by atoms with Crippen molar-refractivity contribution in [2.75, 3.05) is 6.61 Å². The lowest BCUT2D eigenvalue weighted by Gasteiger charge is -2.27. The quantitative estimate of drug-likeness (QED) is 0.906. The summed E-state index contributed by atoms with van der Waals surface area (Å²) in [7, 11) is 1.93. The van der Waals surface area contributed by atoms with Crippen LogP contribution < -0.4 is 10.1 Å². The minimum atomic E-state index is -0.211. The van der Waals surface area contributed by atoms with Crippen molar-refractivity contribution in [1.29, 1.82) is 0 Å². The van der Waals surface area contributed by atoms with Gasteiger partial charge in [-0.3, -0.25) is 9.48 Å². The number of carbonyl (C=O) groups is 1. The van der Waals surface area contributed by atoms with E-state index in [1.807, 2.05) is 43.8 Å². The van der Waals surface area contributed by atoms with Crippen LogP contribution in [-0.4, -0.2) is 22.3 Å². The maximum absolute atomic E-state index is 12.8. The molecule has 0 saturated carbocycles. The molecule has 6 heteroatoms. The van der Waals surface area contributed by atoms with Crippen molar-refractivity contribution >= 4 is 17.5 Å². The number of halogens is 1. The lowest BCUT2D eigenvalue weighted by Crippen LogP contribution is -2.39. The van der Waals surface area contributed by atoms with Gasteiger partial charge < -0.3 is 10.1 Å². The van der Waals surface area contributed by atoms with Gasteiger partial charge in [-0.15, -0.1) is 0 Å². The molecule has 1 aromatic carbocycles. The maximum atomic E-state index is 12.8. The first-order valence-electron chi connectivity index (χ1n) is 8.62. The van der Waals surface area contributed by atoms with Gasteiger partial charge in [-0.1, -0.05) is 18.5 Å². The molecule has 0 bridgehead atoms. The molecule has 0 aliphatic carbocycles. The highest BCUT2D eigenvalue weighted by Crippen LogP contribution is 2.31. The fourth-order valence-corrected chi connectivity index (χ4v) is 3.69. The smallest absolute Gasteiger partial charge is 0.227 e. The molecule has 1 aliphatic rings. The number of fused-ring (bicyclic) bond motifs is 1. The van der Waals surface area contributed by atoms with Gasteiger partial charge in [-0.2, -0.15) is 5.10 Å². The lowest BCUT2D eigenvalue weighted by atomic mass is 9.94. The molecule has 1 N–H and O–H groups in total. The summed E-state index contributed by atoms with van der Waals surface area (Å²) in [5.74, 6) is 0.622. The van der Waals surface area contributed by atoms with Crippen LogP contribution in [0.2, 0.25) is 5.02 Å². The molecule has 2 heterocycles. The first kappa shape index (κ1) is 17.8. The standard InChI is InChI=1S/C19H24ClN3O2/c1-5-16(18-11(2)22-23(4)12(18)3)21-19(24)14-8-13-9-15(20)6-7-17(13)25-10-14/h6-7,9,14,16H,5,8,10H2,1-4H3,(H,21,24). The van der Waals surface area contributed by atoms with E-state index >= 15 is 0 Å². The second-order valence-corrected chi connectivity index (χ2v) is 7.08. The van der Waals surface area contributed by atoms with E-state index in [0.717, 1.165) is 34.7 Å². The van der Waals surface area contributed by atoms with Crippen molar-refractivity contribution in [1.82, 2.24) is 15.1 Å². The van der Waals surface area contributed by atoms with Gasteiger partial charge in [0.05, 0.1) is 17.7 Å². The summed E-state index contributed by atoms with van der Waals surface area (Å²) in [5, 5.41) is 8.32. The molecule has 5 nitrogen and oxygen atoms in total. The zero-order valence-corrected chi connectivity index (χ0v) is 15.9. The number of amides is 1. The molecule has 134 valence electrons. The lowest BCUT2D eigenvalue weighted by molar-refractivity contribution is -0.127. The second-order valence-electron chi connectivity index (χ2n) is 6.64. The first-order chi connectivity index (χ1) is 11.9. The van der Waals surface area contributed by atoms with Crippen LogP contribution >= 0.6 is 11.6 Å². The van der Waals surface area contributed by atoms with Crippen molar-refractivity contribution in [3.63, 3.8) is 0 Å². The molecule has 25 heavy (non-hydrogen) atoms. The van der Waals surface area contributed by atoms with E-state index in [1.165, 1.54) is 0 Å². The van der Waals surface area contributed by atoms with Gasteiger partial charge in [0.25, 0.3) is 0 Å². The Labute approximate surface area is 153 Å². The van der Waals surface area contributed by atoms with Crippen LogP contribution in [0.25, 0.3) is 0 Å². The Morgan fingerprint density at radius 1 is 1.48 bits per heavy atom. The third-order valence-electron chi connectivity index (χ3n) is 4.94. The Balaban J connectivity index is 1.75. The summed E-state index contributed by atoms with van der Waals surface area (Å²) in [5.41, 5.74) is 4.14. The number of aryl methyl sites for hydroxylation is 2. The molecule has 1 aromatic heterocycles. The summed E-state index contributed by atoms with van der Waals surface area (Å²) >= 11 is 6.06. The topological polar surface area (TPSA) is 56.1 Å². The normalized spacial score (nSPS) is 17.6. The van der Waals surface area contributed by atoms with Gasteiger partial charge in [0.2, 0.25) is 5.91 Å². The fourth-order valence-electron chi connectivity index (χ4n) is 3.49. The zero-order valence-electron chi connectivity index (χ0n) is 15.1. The van der Waals surface area contributed by atoms with Crippen LogP contribution in [0.3, 0.4) is 0 Å². The van der Waals surface area contributed by atoms with Crippen molar-refractivity contribution in [3.8, 4) is 5.75 Å². The third kappa shape index (κ3) is 3.52. The number of aromatic nitrogens is 2. The zero-order chi connectivity index (χ0) is 18.1. The molecule has 2 unspecified atom stereocenters. The number of rotatable bonds is 4. The van der Waals surface area contributed by atoms with Crippen molar-refractivity contribution in [3.05, 3.63) is 45.7 Å². The highest BCUT2D eigenvalue weighted by atomic mass is 35.5. The molecule has 0 spiro atoms. The fraction of sp³-hybridized carbons (Fsp3) is 0.474. The molecule has 0 saturated heterocycles. The Morgan fingerprint density at radius 3 is 2.88 bits per heavy atom. The Bertz CT molecular complexity index is 800. The highest BCUT2D eigenvalue weighted by Gasteiger charge is 2.29. The molecule has 0 radical (unpaired) electrons. The van der Waals surface area contributed by atoms with Crippen LogP contribution in [0, 0.1) is 19.8 Å². The Hall–Kier alpha value is -2.01. The van der Waals surface area contributed by atoms with E-state index in [4.69, 9.17) is 16.3 Å².